The summed E-state index contributed by atoms with van der Waals surface area (Å²) in [6.45, 7) is 2.96. The molecule has 2 amide bonds. The zero-order chi connectivity index (χ0) is 20.0. The van der Waals surface area contributed by atoms with Crippen LogP contribution in [0.3, 0.4) is 0 Å². The SMILES string of the molecule is O=C1CCc2cc(N3CCN(C(=O)c4cc5cc(Br)ccc5[nH]4)CC3)ccc2N1. The van der Waals surface area contributed by atoms with E-state index in [0.717, 1.165) is 46.3 Å². The van der Waals surface area contributed by atoms with E-state index in [1.165, 1.54) is 5.56 Å². The summed E-state index contributed by atoms with van der Waals surface area (Å²) in [7, 11) is 0. The molecule has 6 nitrogen and oxygen atoms in total. The predicted molar refractivity (Wildman–Crippen MR) is 118 cm³/mol. The van der Waals surface area contributed by atoms with E-state index in [2.05, 4.69) is 43.3 Å². The molecule has 0 bridgehead atoms. The van der Waals surface area contributed by atoms with E-state index < -0.39 is 0 Å². The van der Waals surface area contributed by atoms with Crippen molar-refractivity contribution >= 4 is 50.0 Å². The van der Waals surface area contributed by atoms with E-state index in [1.807, 2.05) is 35.2 Å². The van der Waals surface area contributed by atoms with E-state index in [-0.39, 0.29) is 11.8 Å². The van der Waals surface area contributed by atoms with Crippen molar-refractivity contribution in [2.45, 2.75) is 12.8 Å². The van der Waals surface area contributed by atoms with Crippen LogP contribution in [-0.4, -0.2) is 47.9 Å². The van der Waals surface area contributed by atoms with Crippen LogP contribution in [0.4, 0.5) is 11.4 Å². The van der Waals surface area contributed by atoms with E-state index in [4.69, 9.17) is 0 Å². The lowest BCUT2D eigenvalue weighted by Crippen LogP contribution is -2.48. The maximum atomic E-state index is 12.9. The van der Waals surface area contributed by atoms with Gasteiger partial charge in [0.1, 0.15) is 5.69 Å². The Labute approximate surface area is 177 Å². The lowest BCUT2D eigenvalue weighted by molar-refractivity contribution is -0.116. The summed E-state index contributed by atoms with van der Waals surface area (Å²) >= 11 is 3.47. The highest BCUT2D eigenvalue weighted by molar-refractivity contribution is 9.10. The topological polar surface area (TPSA) is 68.4 Å². The Balaban J connectivity index is 1.27. The van der Waals surface area contributed by atoms with Gasteiger partial charge >= 0.3 is 0 Å². The van der Waals surface area contributed by atoms with Crippen molar-refractivity contribution in [2.24, 2.45) is 0 Å². The smallest absolute Gasteiger partial charge is 0.270 e. The van der Waals surface area contributed by atoms with E-state index in [9.17, 15) is 9.59 Å². The molecule has 0 atom stereocenters. The van der Waals surface area contributed by atoms with Crippen molar-refractivity contribution in [1.29, 1.82) is 0 Å². The number of carbonyl (C=O) groups is 2. The van der Waals surface area contributed by atoms with Gasteiger partial charge in [0.2, 0.25) is 5.91 Å². The molecule has 0 spiro atoms. The number of carbonyl (C=O) groups excluding carboxylic acids is 2. The molecule has 2 aromatic carbocycles. The normalized spacial score (nSPS) is 16.7. The number of H-pyrrole nitrogens is 1. The van der Waals surface area contributed by atoms with Crippen LogP contribution in [0.15, 0.2) is 46.9 Å². The van der Waals surface area contributed by atoms with Crippen molar-refractivity contribution < 1.29 is 9.59 Å². The largest absolute Gasteiger partial charge is 0.368 e. The number of piperazine rings is 1. The molecule has 2 aliphatic rings. The van der Waals surface area contributed by atoms with E-state index >= 15 is 0 Å². The third-order valence-corrected chi connectivity index (χ3v) is 6.22. The van der Waals surface area contributed by atoms with Gasteiger partial charge in [-0.3, -0.25) is 9.59 Å². The van der Waals surface area contributed by atoms with Crippen LogP contribution in [0.25, 0.3) is 10.9 Å². The molecule has 0 unspecified atom stereocenters. The van der Waals surface area contributed by atoms with Crippen LogP contribution in [0.2, 0.25) is 0 Å². The van der Waals surface area contributed by atoms with E-state index in [0.29, 0.717) is 25.2 Å². The minimum atomic E-state index is 0.0464. The first kappa shape index (κ1) is 18.2. The van der Waals surface area contributed by atoms with Crippen LogP contribution in [0, 0.1) is 0 Å². The quantitative estimate of drug-likeness (QED) is 0.621. The fourth-order valence-electron chi connectivity index (χ4n) is 4.12. The fraction of sp³-hybridized carbons (Fsp3) is 0.273. The van der Waals surface area contributed by atoms with Crippen LogP contribution < -0.4 is 10.2 Å². The average Bonchev–Trinajstić information content (AvgIpc) is 3.16. The summed E-state index contributed by atoms with van der Waals surface area (Å²) < 4.78 is 1.00. The second kappa shape index (κ2) is 7.22. The van der Waals surface area contributed by atoms with Crippen LogP contribution in [-0.2, 0) is 11.2 Å². The van der Waals surface area contributed by atoms with Gasteiger partial charge in [-0.2, -0.15) is 0 Å². The molecule has 5 rings (SSSR count). The van der Waals surface area contributed by atoms with Crippen molar-refractivity contribution in [1.82, 2.24) is 9.88 Å². The Morgan fingerprint density at radius 3 is 2.62 bits per heavy atom. The second-order valence-electron chi connectivity index (χ2n) is 7.58. The minimum absolute atomic E-state index is 0.0464. The molecule has 148 valence electrons. The number of rotatable bonds is 2. The number of benzene rings is 2. The fourth-order valence-corrected chi connectivity index (χ4v) is 4.50. The average molecular weight is 453 g/mol. The Morgan fingerprint density at radius 2 is 1.79 bits per heavy atom. The number of anilines is 2. The van der Waals surface area contributed by atoms with E-state index in [1.54, 1.807) is 0 Å². The molecule has 3 aromatic rings. The number of nitrogens with zero attached hydrogens (tertiary/aromatic N) is 2. The molecule has 2 N–H and O–H groups in total. The summed E-state index contributed by atoms with van der Waals surface area (Å²) in [4.78, 5) is 31.9. The Morgan fingerprint density at radius 1 is 0.966 bits per heavy atom. The predicted octanol–water partition coefficient (Wildman–Crippen LogP) is 3.78. The van der Waals surface area contributed by atoms with Crippen LogP contribution >= 0.6 is 15.9 Å². The third kappa shape index (κ3) is 3.51. The standard InChI is InChI=1S/C22H21BrN4O2/c23-16-2-4-19-15(11-16)13-20(24-19)22(29)27-9-7-26(8-10-27)17-3-5-18-14(12-17)1-6-21(28)25-18/h2-5,11-13,24H,1,6-10H2,(H,25,28). The molecule has 1 aromatic heterocycles. The molecule has 0 radical (unpaired) electrons. The molecule has 29 heavy (non-hydrogen) atoms. The molecule has 7 heteroatoms. The van der Waals surface area contributed by atoms with Gasteiger partial charge in [-0.05, 0) is 54.4 Å². The number of fused-ring (bicyclic) bond motifs is 2. The molecule has 1 saturated heterocycles. The number of hydrogen-bond donors (Lipinski definition) is 2. The maximum Gasteiger partial charge on any atom is 0.270 e. The van der Waals surface area contributed by atoms with Gasteiger partial charge in [-0.25, -0.2) is 0 Å². The molecule has 2 aliphatic heterocycles. The summed E-state index contributed by atoms with van der Waals surface area (Å²) in [5.74, 6) is 0.131. The monoisotopic (exact) mass is 452 g/mol. The first-order chi connectivity index (χ1) is 14.1. The highest BCUT2D eigenvalue weighted by Gasteiger charge is 2.24. The van der Waals surface area contributed by atoms with Gasteiger partial charge in [-0.15, -0.1) is 0 Å². The lowest BCUT2D eigenvalue weighted by atomic mass is 10.0. The van der Waals surface area contributed by atoms with Crippen molar-refractivity contribution in [3.63, 3.8) is 0 Å². The minimum Gasteiger partial charge on any atom is -0.368 e. The summed E-state index contributed by atoms with van der Waals surface area (Å²) in [6.07, 6.45) is 1.32. The van der Waals surface area contributed by atoms with Gasteiger partial charge in [0.05, 0.1) is 0 Å². The van der Waals surface area contributed by atoms with Crippen LogP contribution in [0.1, 0.15) is 22.5 Å². The molecule has 0 saturated carbocycles. The number of hydrogen-bond acceptors (Lipinski definition) is 3. The number of nitrogens with one attached hydrogen (secondary N) is 2. The molecule has 3 heterocycles. The second-order valence-corrected chi connectivity index (χ2v) is 8.50. The number of halogens is 1. The number of aromatic nitrogens is 1. The van der Waals surface area contributed by atoms with Gasteiger partial charge in [0.25, 0.3) is 5.91 Å². The van der Waals surface area contributed by atoms with Gasteiger partial charge in [0.15, 0.2) is 0 Å². The van der Waals surface area contributed by atoms with Gasteiger partial charge in [0, 0.05) is 59.4 Å². The summed E-state index contributed by atoms with van der Waals surface area (Å²) in [6, 6.07) is 14.1. The first-order valence-electron chi connectivity index (χ1n) is 9.82. The van der Waals surface area contributed by atoms with Crippen molar-refractivity contribution in [3.05, 3.63) is 58.2 Å². The summed E-state index contributed by atoms with van der Waals surface area (Å²) in [5, 5.41) is 3.96. The molecule has 0 aliphatic carbocycles. The van der Waals surface area contributed by atoms with Crippen molar-refractivity contribution in [2.75, 3.05) is 36.4 Å². The first-order valence-corrected chi connectivity index (χ1v) is 10.6. The number of aromatic amines is 1. The zero-order valence-electron chi connectivity index (χ0n) is 15.9. The number of amides is 2. The highest BCUT2D eigenvalue weighted by atomic mass is 79.9. The Kier molecular flexibility index (Phi) is 4.54. The maximum absolute atomic E-state index is 12.9. The Hall–Kier alpha value is -2.80. The van der Waals surface area contributed by atoms with Crippen LogP contribution in [0.5, 0.6) is 0 Å². The van der Waals surface area contributed by atoms with Crippen molar-refractivity contribution in [3.8, 4) is 0 Å². The highest BCUT2D eigenvalue weighted by Crippen LogP contribution is 2.28. The molecular formula is C22H21BrN4O2. The van der Waals surface area contributed by atoms with Gasteiger partial charge in [-0.1, -0.05) is 15.9 Å². The Bertz CT molecular complexity index is 1120. The third-order valence-electron chi connectivity index (χ3n) is 5.73. The lowest BCUT2D eigenvalue weighted by Gasteiger charge is -2.36. The van der Waals surface area contributed by atoms with Gasteiger partial charge < -0.3 is 20.1 Å². The zero-order valence-corrected chi connectivity index (χ0v) is 17.5. The molecular weight excluding hydrogens is 432 g/mol. The molecule has 1 fully saturated rings. The number of aryl methyl sites for hydroxylation is 1. The summed E-state index contributed by atoms with van der Waals surface area (Å²) in [5.41, 5.74) is 4.86.